The Balaban J connectivity index is 1.94. The van der Waals surface area contributed by atoms with E-state index in [0.29, 0.717) is 11.4 Å². The van der Waals surface area contributed by atoms with Crippen molar-refractivity contribution < 1.29 is 0 Å². The standard InChI is InChI=1S/C17H16N6S/c1-10-3-2-4-14(20-10)15-16(23-8-7-19-17(23)21-15)11-5-6-13(22-24)12(18)9-11/h2-6,9H,7-8,18H2,1H3,(H,19,21). The topological polar surface area (TPSA) is 81.1 Å². The van der Waals surface area contributed by atoms with Gasteiger partial charge in [0.05, 0.1) is 22.8 Å². The normalized spacial score (nSPS) is 12.7. The second-order valence-electron chi connectivity index (χ2n) is 5.74. The Kier molecular flexibility index (Phi) is 3.50. The van der Waals surface area contributed by atoms with Crippen LogP contribution in [0.4, 0.5) is 17.3 Å². The average Bonchev–Trinajstić information content (AvgIpc) is 3.15. The summed E-state index contributed by atoms with van der Waals surface area (Å²) >= 11 is 4.75. The van der Waals surface area contributed by atoms with Crippen molar-refractivity contribution in [3.8, 4) is 22.6 Å². The molecule has 0 radical (unpaired) electrons. The molecular formula is C17H16N6S. The lowest BCUT2D eigenvalue weighted by atomic mass is 10.1. The maximum Gasteiger partial charge on any atom is 0.204 e. The van der Waals surface area contributed by atoms with Crippen LogP contribution in [0.25, 0.3) is 22.6 Å². The van der Waals surface area contributed by atoms with E-state index in [1.54, 1.807) is 0 Å². The van der Waals surface area contributed by atoms with Crippen LogP contribution in [-0.4, -0.2) is 21.1 Å². The van der Waals surface area contributed by atoms with Crippen molar-refractivity contribution in [1.29, 1.82) is 0 Å². The molecule has 7 heteroatoms. The molecule has 0 saturated heterocycles. The van der Waals surface area contributed by atoms with Crippen molar-refractivity contribution in [1.82, 2.24) is 14.5 Å². The van der Waals surface area contributed by atoms with Crippen LogP contribution in [0, 0.1) is 6.92 Å². The Morgan fingerprint density at radius 1 is 1.25 bits per heavy atom. The van der Waals surface area contributed by atoms with E-state index >= 15 is 0 Å². The first-order chi connectivity index (χ1) is 11.7. The fraction of sp³-hybridized carbons (Fsp3) is 0.176. The summed E-state index contributed by atoms with van der Waals surface area (Å²) in [6.45, 7) is 3.70. The molecule has 3 N–H and O–H groups in total. The van der Waals surface area contributed by atoms with Crippen LogP contribution < -0.4 is 11.1 Å². The number of nitrogens with two attached hydrogens (primary N) is 1. The third-order valence-electron chi connectivity index (χ3n) is 4.12. The molecule has 0 aliphatic carbocycles. The number of nitrogens with zero attached hydrogens (tertiary/aromatic N) is 4. The molecule has 6 nitrogen and oxygen atoms in total. The van der Waals surface area contributed by atoms with Crippen molar-refractivity contribution in [2.45, 2.75) is 13.5 Å². The van der Waals surface area contributed by atoms with E-state index in [1.165, 1.54) is 0 Å². The van der Waals surface area contributed by atoms with Crippen LogP contribution in [0.2, 0.25) is 0 Å². The number of rotatable bonds is 3. The maximum absolute atomic E-state index is 6.07. The number of nitrogen functional groups attached to an aromatic ring is 1. The van der Waals surface area contributed by atoms with Gasteiger partial charge in [-0.15, -0.1) is 0 Å². The van der Waals surface area contributed by atoms with E-state index in [1.807, 2.05) is 43.3 Å². The molecule has 24 heavy (non-hydrogen) atoms. The highest BCUT2D eigenvalue weighted by atomic mass is 32.1. The smallest absolute Gasteiger partial charge is 0.204 e. The van der Waals surface area contributed by atoms with E-state index < -0.39 is 0 Å². The first-order valence-electron chi connectivity index (χ1n) is 7.69. The molecule has 1 aromatic carbocycles. The maximum atomic E-state index is 6.07. The SMILES string of the molecule is Cc1cccc(-c2nc3n(c2-c2ccc(N=S)c(N)c2)CCN3)n1. The molecule has 0 spiro atoms. The second kappa shape index (κ2) is 5.68. The fourth-order valence-corrected chi connectivity index (χ4v) is 3.18. The zero-order valence-corrected chi connectivity index (χ0v) is 14.0. The van der Waals surface area contributed by atoms with Crippen LogP contribution in [0.5, 0.6) is 0 Å². The van der Waals surface area contributed by atoms with Crippen molar-refractivity contribution in [2.24, 2.45) is 4.36 Å². The van der Waals surface area contributed by atoms with Crippen molar-refractivity contribution in [3.63, 3.8) is 0 Å². The lowest BCUT2D eigenvalue weighted by molar-refractivity contribution is 0.817. The Bertz CT molecular complexity index is 946. The molecule has 0 saturated carbocycles. The first-order valence-corrected chi connectivity index (χ1v) is 8.05. The van der Waals surface area contributed by atoms with Crippen LogP contribution in [-0.2, 0) is 19.0 Å². The van der Waals surface area contributed by atoms with E-state index in [2.05, 4.69) is 19.2 Å². The van der Waals surface area contributed by atoms with Gasteiger partial charge >= 0.3 is 0 Å². The van der Waals surface area contributed by atoms with Crippen LogP contribution in [0.3, 0.4) is 0 Å². The summed E-state index contributed by atoms with van der Waals surface area (Å²) in [6, 6.07) is 11.7. The summed E-state index contributed by atoms with van der Waals surface area (Å²) in [4.78, 5) is 9.38. The lowest BCUT2D eigenvalue weighted by Crippen LogP contribution is -2.00. The van der Waals surface area contributed by atoms with Gasteiger partial charge in [-0.3, -0.25) is 4.98 Å². The van der Waals surface area contributed by atoms with Gasteiger partial charge in [0.1, 0.15) is 5.69 Å². The van der Waals surface area contributed by atoms with Gasteiger partial charge in [0.2, 0.25) is 5.95 Å². The summed E-state index contributed by atoms with van der Waals surface area (Å²) in [5.74, 6) is 0.860. The van der Waals surface area contributed by atoms with Crippen molar-refractivity contribution in [2.75, 3.05) is 17.6 Å². The Hall–Kier alpha value is -2.80. The number of imidazole rings is 1. The summed E-state index contributed by atoms with van der Waals surface area (Å²) in [6.07, 6.45) is 0. The van der Waals surface area contributed by atoms with E-state index in [4.69, 9.17) is 23.1 Å². The average molecular weight is 336 g/mol. The molecule has 0 bridgehead atoms. The van der Waals surface area contributed by atoms with Gasteiger partial charge in [-0.2, -0.15) is 4.36 Å². The number of fused-ring (bicyclic) bond motifs is 1. The number of aryl methyl sites for hydroxylation is 1. The summed E-state index contributed by atoms with van der Waals surface area (Å²) in [5.41, 5.74) is 11.9. The zero-order chi connectivity index (χ0) is 16.7. The van der Waals surface area contributed by atoms with Crippen LogP contribution >= 0.6 is 0 Å². The number of hydrogen-bond acceptors (Lipinski definition) is 6. The van der Waals surface area contributed by atoms with Gasteiger partial charge in [-0.1, -0.05) is 12.1 Å². The third-order valence-corrected chi connectivity index (χ3v) is 4.31. The molecular weight excluding hydrogens is 320 g/mol. The monoisotopic (exact) mass is 336 g/mol. The van der Waals surface area contributed by atoms with Gasteiger partial charge in [-0.05, 0) is 31.2 Å². The zero-order valence-electron chi connectivity index (χ0n) is 13.2. The van der Waals surface area contributed by atoms with Gasteiger partial charge in [0, 0.05) is 36.8 Å². The highest BCUT2D eigenvalue weighted by Crippen LogP contribution is 2.37. The molecule has 1 aliphatic rings. The number of pyridine rings is 1. The predicted molar refractivity (Wildman–Crippen MR) is 98.0 cm³/mol. The Morgan fingerprint density at radius 2 is 2.12 bits per heavy atom. The van der Waals surface area contributed by atoms with E-state index in [9.17, 15) is 0 Å². The minimum absolute atomic E-state index is 0.562. The molecule has 120 valence electrons. The third kappa shape index (κ3) is 2.33. The quantitative estimate of drug-likeness (QED) is 0.717. The van der Waals surface area contributed by atoms with Crippen LogP contribution in [0.15, 0.2) is 40.8 Å². The molecule has 2 aromatic heterocycles. The summed E-state index contributed by atoms with van der Waals surface area (Å²) in [7, 11) is 0. The van der Waals surface area contributed by atoms with Gasteiger partial charge in [0.25, 0.3) is 0 Å². The van der Waals surface area contributed by atoms with E-state index in [0.717, 1.165) is 47.4 Å². The molecule has 3 aromatic rings. The number of hydrogen-bond donors (Lipinski definition) is 2. The molecule has 0 fully saturated rings. The molecule has 1 aliphatic heterocycles. The summed E-state index contributed by atoms with van der Waals surface area (Å²) < 4.78 is 5.93. The second-order valence-corrected chi connectivity index (χ2v) is 5.92. The number of anilines is 2. The molecule has 0 amide bonds. The molecule has 0 unspecified atom stereocenters. The highest BCUT2D eigenvalue weighted by molar-refractivity contribution is 7.47. The number of nitrogens with one attached hydrogen (secondary N) is 1. The van der Waals surface area contributed by atoms with E-state index in [-0.39, 0.29) is 0 Å². The van der Waals surface area contributed by atoms with Gasteiger partial charge in [-0.25, -0.2) is 4.98 Å². The van der Waals surface area contributed by atoms with Crippen molar-refractivity contribution >= 4 is 29.7 Å². The fourth-order valence-electron chi connectivity index (χ4n) is 3.02. The Morgan fingerprint density at radius 3 is 2.88 bits per heavy atom. The lowest BCUT2D eigenvalue weighted by Gasteiger charge is -2.09. The highest BCUT2D eigenvalue weighted by Gasteiger charge is 2.24. The number of benzene rings is 1. The first kappa shape index (κ1) is 14.8. The largest absolute Gasteiger partial charge is 0.397 e. The minimum atomic E-state index is 0.562. The number of aromatic nitrogens is 3. The van der Waals surface area contributed by atoms with Gasteiger partial charge in [0.15, 0.2) is 0 Å². The van der Waals surface area contributed by atoms with Crippen molar-refractivity contribution in [3.05, 3.63) is 42.1 Å². The molecule has 3 heterocycles. The predicted octanol–water partition coefficient (Wildman–Crippen LogP) is 3.29. The van der Waals surface area contributed by atoms with Gasteiger partial charge < -0.3 is 15.6 Å². The minimum Gasteiger partial charge on any atom is -0.397 e. The van der Waals surface area contributed by atoms with Crippen LogP contribution in [0.1, 0.15) is 5.69 Å². The molecule has 0 atom stereocenters. The molecule has 4 rings (SSSR count). The Labute approximate surface area is 144 Å². The summed E-state index contributed by atoms with van der Waals surface area (Å²) in [5, 5.41) is 3.31.